The van der Waals surface area contributed by atoms with Crippen molar-refractivity contribution in [2.24, 2.45) is 0 Å². The molecule has 0 saturated carbocycles. The quantitative estimate of drug-likeness (QED) is 0.779. The summed E-state index contributed by atoms with van der Waals surface area (Å²) in [6.07, 6.45) is 0.326. The molecule has 2 aromatic rings. The van der Waals surface area contributed by atoms with E-state index in [1.54, 1.807) is 0 Å². The second-order valence-corrected chi connectivity index (χ2v) is 7.94. The Hall–Kier alpha value is -2.33. The van der Waals surface area contributed by atoms with Gasteiger partial charge in [0.05, 0.1) is 5.54 Å². The highest BCUT2D eigenvalue weighted by Gasteiger charge is 2.29. The van der Waals surface area contributed by atoms with E-state index in [-0.39, 0.29) is 0 Å². The third-order valence-corrected chi connectivity index (χ3v) is 3.93. The molecule has 0 bridgehead atoms. The summed E-state index contributed by atoms with van der Waals surface area (Å²) in [6.45, 7) is 9.04. The van der Waals surface area contributed by atoms with E-state index in [0.29, 0.717) is 6.54 Å². The Labute approximate surface area is 157 Å². The maximum absolute atomic E-state index is 12.3. The molecule has 0 fully saturated rings. The van der Waals surface area contributed by atoms with E-state index in [9.17, 15) is 4.79 Å². The van der Waals surface area contributed by atoms with Crippen LogP contribution in [0.3, 0.4) is 0 Å². The predicted octanol–water partition coefficient (Wildman–Crippen LogP) is 4.30. The van der Waals surface area contributed by atoms with Crippen molar-refractivity contribution in [1.29, 1.82) is 0 Å². The fourth-order valence-corrected chi connectivity index (χ4v) is 2.83. The van der Waals surface area contributed by atoms with Crippen LogP contribution in [0.2, 0.25) is 0 Å². The fraction of sp³-hybridized carbons (Fsp3) is 0.409. The number of rotatable bonds is 7. The zero-order valence-corrected chi connectivity index (χ0v) is 16.2. The Balaban J connectivity index is 2.03. The van der Waals surface area contributed by atoms with Gasteiger partial charge in [0.2, 0.25) is 0 Å². The number of nitrogens with one attached hydrogen (secondary N) is 2. The Kier molecular flexibility index (Phi) is 6.81. The first-order valence-corrected chi connectivity index (χ1v) is 9.06. The summed E-state index contributed by atoms with van der Waals surface area (Å²) in [5.41, 5.74) is 1.41. The summed E-state index contributed by atoms with van der Waals surface area (Å²) in [5.74, 6) is 0. The first-order chi connectivity index (χ1) is 12.3. The van der Waals surface area contributed by atoms with E-state index >= 15 is 0 Å². The molecular weight excluding hydrogens is 324 g/mol. The number of amides is 1. The van der Waals surface area contributed by atoms with Crippen molar-refractivity contribution >= 4 is 6.09 Å². The molecule has 4 nitrogen and oxygen atoms in total. The zero-order valence-electron chi connectivity index (χ0n) is 16.2. The Morgan fingerprint density at radius 2 is 1.42 bits per heavy atom. The molecule has 2 rings (SSSR count). The number of benzene rings is 2. The van der Waals surface area contributed by atoms with Crippen LogP contribution in [0.25, 0.3) is 0 Å². The fourth-order valence-electron chi connectivity index (χ4n) is 2.83. The van der Waals surface area contributed by atoms with Crippen molar-refractivity contribution in [1.82, 2.24) is 10.6 Å². The standard InChI is InChI=1S/C22H30N2O2/c1-21(2,3)26-20(25)24-22(4,15-18-11-7-5-8-12-18)17-23-16-19-13-9-6-10-14-19/h5-14,23H,15-17H2,1-4H3,(H,24,25). The molecule has 0 aliphatic rings. The van der Waals surface area contributed by atoms with Crippen LogP contribution in [0.5, 0.6) is 0 Å². The van der Waals surface area contributed by atoms with Crippen LogP contribution in [0.1, 0.15) is 38.8 Å². The number of ether oxygens (including phenoxy) is 1. The minimum absolute atomic E-state index is 0.391. The number of hydrogen-bond donors (Lipinski definition) is 2. The summed E-state index contributed by atoms with van der Waals surface area (Å²) in [7, 11) is 0. The maximum Gasteiger partial charge on any atom is 0.408 e. The Bertz CT molecular complexity index is 680. The van der Waals surface area contributed by atoms with Crippen molar-refractivity contribution in [2.75, 3.05) is 6.54 Å². The molecule has 0 heterocycles. The van der Waals surface area contributed by atoms with Crippen molar-refractivity contribution in [3.63, 3.8) is 0 Å². The number of carbonyl (C=O) groups is 1. The third kappa shape index (κ3) is 7.28. The second kappa shape index (κ2) is 8.86. The lowest BCUT2D eigenvalue weighted by Gasteiger charge is -2.32. The van der Waals surface area contributed by atoms with E-state index in [1.807, 2.05) is 64.1 Å². The zero-order chi connectivity index (χ0) is 19.0. The summed E-state index contributed by atoms with van der Waals surface area (Å²) < 4.78 is 5.46. The van der Waals surface area contributed by atoms with Gasteiger partial charge in [0.15, 0.2) is 0 Å². The molecule has 2 aromatic carbocycles. The van der Waals surface area contributed by atoms with Gasteiger partial charge < -0.3 is 15.4 Å². The molecule has 1 amide bonds. The maximum atomic E-state index is 12.3. The van der Waals surface area contributed by atoms with Crippen molar-refractivity contribution < 1.29 is 9.53 Å². The average Bonchev–Trinajstić information content (AvgIpc) is 2.54. The lowest BCUT2D eigenvalue weighted by Crippen LogP contribution is -2.55. The molecule has 0 radical (unpaired) electrons. The van der Waals surface area contributed by atoms with Gasteiger partial charge in [-0.3, -0.25) is 0 Å². The molecule has 140 valence electrons. The highest BCUT2D eigenvalue weighted by molar-refractivity contribution is 5.68. The smallest absolute Gasteiger partial charge is 0.408 e. The van der Waals surface area contributed by atoms with Gasteiger partial charge in [0.25, 0.3) is 0 Å². The van der Waals surface area contributed by atoms with Crippen LogP contribution in [0, 0.1) is 0 Å². The SMILES string of the molecule is CC(CNCc1ccccc1)(Cc1ccccc1)NC(=O)OC(C)(C)C. The highest BCUT2D eigenvalue weighted by Crippen LogP contribution is 2.15. The number of alkyl carbamates (subject to hydrolysis) is 1. The topological polar surface area (TPSA) is 50.4 Å². The summed E-state index contributed by atoms with van der Waals surface area (Å²) in [6, 6.07) is 20.4. The van der Waals surface area contributed by atoms with Crippen LogP contribution in [-0.2, 0) is 17.7 Å². The van der Waals surface area contributed by atoms with Gasteiger partial charge in [-0.05, 0) is 45.2 Å². The minimum Gasteiger partial charge on any atom is -0.444 e. The van der Waals surface area contributed by atoms with Crippen LogP contribution >= 0.6 is 0 Å². The first kappa shape index (κ1) is 20.0. The van der Waals surface area contributed by atoms with Crippen LogP contribution < -0.4 is 10.6 Å². The van der Waals surface area contributed by atoms with E-state index in [1.165, 1.54) is 11.1 Å². The predicted molar refractivity (Wildman–Crippen MR) is 106 cm³/mol. The molecule has 4 heteroatoms. The molecule has 0 aliphatic heterocycles. The average molecular weight is 354 g/mol. The van der Waals surface area contributed by atoms with Gasteiger partial charge >= 0.3 is 6.09 Å². The van der Waals surface area contributed by atoms with E-state index in [4.69, 9.17) is 4.74 Å². The monoisotopic (exact) mass is 354 g/mol. The Morgan fingerprint density at radius 3 is 1.96 bits per heavy atom. The van der Waals surface area contributed by atoms with E-state index < -0.39 is 17.2 Å². The summed E-state index contributed by atoms with van der Waals surface area (Å²) in [4.78, 5) is 12.3. The largest absolute Gasteiger partial charge is 0.444 e. The molecule has 0 spiro atoms. The van der Waals surface area contributed by atoms with Gasteiger partial charge in [-0.2, -0.15) is 0 Å². The molecular formula is C22H30N2O2. The van der Waals surface area contributed by atoms with Gasteiger partial charge in [-0.25, -0.2) is 4.79 Å². The number of hydrogen-bond acceptors (Lipinski definition) is 3. The first-order valence-electron chi connectivity index (χ1n) is 9.06. The summed E-state index contributed by atoms with van der Waals surface area (Å²) in [5, 5.41) is 6.52. The lowest BCUT2D eigenvalue weighted by atomic mass is 9.92. The van der Waals surface area contributed by atoms with Gasteiger partial charge in [0, 0.05) is 13.1 Å². The summed E-state index contributed by atoms with van der Waals surface area (Å²) >= 11 is 0. The van der Waals surface area contributed by atoms with Crippen LogP contribution in [0.4, 0.5) is 4.79 Å². The van der Waals surface area contributed by atoms with E-state index in [2.05, 4.69) is 34.9 Å². The molecule has 2 N–H and O–H groups in total. The molecule has 26 heavy (non-hydrogen) atoms. The molecule has 0 aliphatic carbocycles. The van der Waals surface area contributed by atoms with E-state index in [0.717, 1.165) is 13.0 Å². The van der Waals surface area contributed by atoms with Crippen molar-refractivity contribution in [2.45, 2.75) is 51.8 Å². The van der Waals surface area contributed by atoms with Crippen LogP contribution in [-0.4, -0.2) is 23.8 Å². The minimum atomic E-state index is -0.519. The normalized spacial score (nSPS) is 13.7. The molecule has 1 unspecified atom stereocenters. The third-order valence-electron chi connectivity index (χ3n) is 3.93. The lowest BCUT2D eigenvalue weighted by molar-refractivity contribution is 0.0462. The van der Waals surface area contributed by atoms with Crippen LogP contribution in [0.15, 0.2) is 60.7 Å². The van der Waals surface area contributed by atoms with Gasteiger partial charge in [-0.1, -0.05) is 60.7 Å². The van der Waals surface area contributed by atoms with Crippen molar-refractivity contribution in [3.8, 4) is 0 Å². The number of carbonyl (C=O) groups excluding carboxylic acids is 1. The second-order valence-electron chi connectivity index (χ2n) is 7.94. The van der Waals surface area contributed by atoms with Crippen molar-refractivity contribution in [3.05, 3.63) is 71.8 Å². The van der Waals surface area contributed by atoms with Gasteiger partial charge in [-0.15, -0.1) is 0 Å². The Morgan fingerprint density at radius 1 is 0.885 bits per heavy atom. The highest BCUT2D eigenvalue weighted by atomic mass is 16.6. The molecule has 1 atom stereocenters. The van der Waals surface area contributed by atoms with Gasteiger partial charge in [0.1, 0.15) is 5.60 Å². The molecule has 0 saturated heterocycles. The molecule has 0 aromatic heterocycles.